The molecule has 0 atom stereocenters. The molecule has 1 fully saturated rings. The van der Waals surface area contributed by atoms with E-state index in [1.54, 1.807) is 0 Å². The van der Waals surface area contributed by atoms with Crippen molar-refractivity contribution >= 4 is 11.4 Å². The van der Waals surface area contributed by atoms with E-state index in [1.807, 2.05) is 32.3 Å². The zero-order valence-corrected chi connectivity index (χ0v) is 17.2. The topological polar surface area (TPSA) is 27.7 Å². The van der Waals surface area contributed by atoms with Crippen molar-refractivity contribution < 1.29 is 35.7 Å². The molecule has 3 rings (SSSR count). The molecule has 124 valence electrons. The minimum Gasteiger partial charge on any atom is -1.00 e. The molecular weight excluding hydrogens is 309 g/mol. The van der Waals surface area contributed by atoms with Gasteiger partial charge in [0.15, 0.2) is 0 Å². The van der Waals surface area contributed by atoms with Gasteiger partial charge in [-0.15, -0.1) is 0 Å². The van der Waals surface area contributed by atoms with Crippen LogP contribution in [-0.4, -0.2) is 40.3 Å². The van der Waals surface area contributed by atoms with E-state index in [1.165, 1.54) is 11.3 Å². The van der Waals surface area contributed by atoms with Crippen LogP contribution in [0.3, 0.4) is 0 Å². The van der Waals surface area contributed by atoms with Gasteiger partial charge in [0.05, 0.1) is 0 Å². The molecule has 1 aliphatic heterocycles. The molecule has 0 aromatic heterocycles. The van der Waals surface area contributed by atoms with Gasteiger partial charge in [-0.1, -0.05) is 12.1 Å². The van der Waals surface area contributed by atoms with Gasteiger partial charge >= 0.3 is 29.6 Å². The van der Waals surface area contributed by atoms with Crippen molar-refractivity contribution in [3.63, 3.8) is 0 Å². The summed E-state index contributed by atoms with van der Waals surface area (Å²) in [5, 5.41) is 3.40. The smallest absolute Gasteiger partial charge is 1.00 e. The summed E-state index contributed by atoms with van der Waals surface area (Å²) in [5.41, 5.74) is 3.61. The molecule has 0 spiro atoms. The third-order valence-corrected chi connectivity index (χ3v) is 4.28. The first kappa shape index (κ1) is 19.1. The Morgan fingerprint density at radius 2 is 1.79 bits per heavy atom. The fraction of sp³-hybridized carbons (Fsp3) is 0.368. The Labute approximate surface area is 168 Å². The first-order chi connectivity index (χ1) is 11.1. The SMILES string of the molecule is Cc1c(Oc2cccc(N(C)C)c2)cccc1N1CCNCC1.[H-].[Na+]. The number of nitrogens with zero attached hydrogens (tertiary/aromatic N) is 2. The first-order valence-electron chi connectivity index (χ1n) is 8.15. The molecule has 4 nitrogen and oxygen atoms in total. The van der Waals surface area contributed by atoms with Gasteiger partial charge in [0, 0.05) is 63.3 Å². The van der Waals surface area contributed by atoms with E-state index in [0.29, 0.717) is 0 Å². The van der Waals surface area contributed by atoms with Crippen LogP contribution in [0.15, 0.2) is 42.5 Å². The molecule has 1 N–H and O–H groups in total. The van der Waals surface area contributed by atoms with Gasteiger partial charge in [0.1, 0.15) is 11.5 Å². The van der Waals surface area contributed by atoms with E-state index in [9.17, 15) is 0 Å². The zero-order chi connectivity index (χ0) is 16.2. The number of hydrogen-bond acceptors (Lipinski definition) is 4. The number of hydrogen-bond donors (Lipinski definition) is 1. The molecule has 0 saturated carbocycles. The van der Waals surface area contributed by atoms with Gasteiger partial charge in [-0.2, -0.15) is 0 Å². The van der Waals surface area contributed by atoms with Gasteiger partial charge in [-0.05, 0) is 31.2 Å². The summed E-state index contributed by atoms with van der Waals surface area (Å²) >= 11 is 0. The molecule has 0 aliphatic carbocycles. The standard InChI is InChI=1S/C19H25N3O.Na.H/c1-15-18(22-12-10-20-11-13-22)8-5-9-19(15)23-17-7-4-6-16(14-17)21(2)3;;/h4-9,14,20H,10-13H2,1-3H3;;/q;+1;-1. The van der Waals surface area contributed by atoms with Crippen molar-refractivity contribution in [1.82, 2.24) is 5.32 Å². The minimum atomic E-state index is 0. The largest absolute Gasteiger partial charge is 1.00 e. The predicted octanol–water partition coefficient (Wildman–Crippen LogP) is 0.379. The van der Waals surface area contributed by atoms with E-state index >= 15 is 0 Å². The Balaban J connectivity index is 0.00000156. The van der Waals surface area contributed by atoms with Crippen LogP contribution < -0.4 is 49.4 Å². The normalized spacial score (nSPS) is 14.0. The molecule has 1 aliphatic rings. The molecule has 0 radical (unpaired) electrons. The molecule has 0 amide bonds. The molecule has 1 saturated heterocycles. The van der Waals surface area contributed by atoms with E-state index in [-0.39, 0.29) is 31.0 Å². The van der Waals surface area contributed by atoms with E-state index in [4.69, 9.17) is 4.74 Å². The van der Waals surface area contributed by atoms with Gasteiger partial charge in [0.25, 0.3) is 0 Å². The Bertz CT molecular complexity index is 675. The summed E-state index contributed by atoms with van der Waals surface area (Å²) in [6, 6.07) is 14.5. The molecule has 0 unspecified atom stereocenters. The zero-order valence-electron chi connectivity index (χ0n) is 16.2. The molecular formula is C19H26N3NaO. The van der Waals surface area contributed by atoms with Crippen molar-refractivity contribution in [2.45, 2.75) is 6.92 Å². The number of benzene rings is 2. The van der Waals surface area contributed by atoms with Crippen molar-refractivity contribution in [3.05, 3.63) is 48.0 Å². The Morgan fingerprint density at radius 3 is 2.50 bits per heavy atom. The van der Waals surface area contributed by atoms with Crippen molar-refractivity contribution in [2.24, 2.45) is 0 Å². The summed E-state index contributed by atoms with van der Waals surface area (Å²) < 4.78 is 6.16. The third-order valence-electron chi connectivity index (χ3n) is 4.28. The van der Waals surface area contributed by atoms with Crippen LogP contribution in [0, 0.1) is 6.92 Å². The number of nitrogens with one attached hydrogen (secondary N) is 1. The molecule has 2 aromatic carbocycles. The summed E-state index contributed by atoms with van der Waals surface area (Å²) in [6.45, 7) is 6.30. The predicted molar refractivity (Wildman–Crippen MR) is 98.2 cm³/mol. The molecule has 24 heavy (non-hydrogen) atoms. The second kappa shape index (κ2) is 8.77. The van der Waals surface area contributed by atoms with E-state index < -0.39 is 0 Å². The molecule has 5 heteroatoms. The number of ether oxygens (including phenoxy) is 1. The van der Waals surface area contributed by atoms with Crippen LogP contribution in [0.5, 0.6) is 11.5 Å². The maximum absolute atomic E-state index is 6.16. The van der Waals surface area contributed by atoms with Gasteiger partial charge in [0.2, 0.25) is 0 Å². The monoisotopic (exact) mass is 335 g/mol. The maximum Gasteiger partial charge on any atom is 1.00 e. The van der Waals surface area contributed by atoms with Crippen LogP contribution in [0.1, 0.15) is 6.99 Å². The van der Waals surface area contributed by atoms with Gasteiger partial charge < -0.3 is 21.3 Å². The van der Waals surface area contributed by atoms with Crippen molar-refractivity contribution in [3.8, 4) is 11.5 Å². The summed E-state index contributed by atoms with van der Waals surface area (Å²) in [7, 11) is 4.07. The quantitative estimate of drug-likeness (QED) is 0.818. The number of anilines is 2. The number of rotatable bonds is 4. The minimum absolute atomic E-state index is 0. The van der Waals surface area contributed by atoms with Crippen LogP contribution in [-0.2, 0) is 0 Å². The van der Waals surface area contributed by atoms with E-state index in [0.717, 1.165) is 43.4 Å². The first-order valence-corrected chi connectivity index (χ1v) is 8.15. The summed E-state index contributed by atoms with van der Waals surface area (Å²) in [6.07, 6.45) is 0. The maximum atomic E-state index is 6.16. The average molecular weight is 335 g/mol. The molecule has 0 bridgehead atoms. The van der Waals surface area contributed by atoms with Gasteiger partial charge in [-0.25, -0.2) is 0 Å². The molecule has 2 aromatic rings. The van der Waals surface area contributed by atoms with Crippen molar-refractivity contribution in [2.75, 3.05) is 50.1 Å². The summed E-state index contributed by atoms with van der Waals surface area (Å²) in [4.78, 5) is 4.51. The Morgan fingerprint density at radius 1 is 1.08 bits per heavy atom. The van der Waals surface area contributed by atoms with Crippen LogP contribution >= 0.6 is 0 Å². The van der Waals surface area contributed by atoms with Crippen molar-refractivity contribution in [1.29, 1.82) is 0 Å². The number of piperazine rings is 1. The second-order valence-electron chi connectivity index (χ2n) is 6.13. The fourth-order valence-electron chi connectivity index (χ4n) is 2.91. The third kappa shape index (κ3) is 4.45. The van der Waals surface area contributed by atoms with Crippen LogP contribution in [0.4, 0.5) is 11.4 Å². The Hall–Kier alpha value is -1.20. The van der Waals surface area contributed by atoms with Gasteiger partial charge in [-0.3, -0.25) is 0 Å². The van der Waals surface area contributed by atoms with Crippen LogP contribution in [0.25, 0.3) is 0 Å². The van der Waals surface area contributed by atoms with E-state index in [2.05, 4.69) is 46.3 Å². The Kier molecular flexibility index (Phi) is 6.99. The molecule has 1 heterocycles. The second-order valence-corrected chi connectivity index (χ2v) is 6.13. The fourth-order valence-corrected chi connectivity index (χ4v) is 2.91. The summed E-state index contributed by atoms with van der Waals surface area (Å²) in [5.74, 6) is 1.80. The average Bonchev–Trinajstić information content (AvgIpc) is 2.58. The van der Waals surface area contributed by atoms with Crippen LogP contribution in [0.2, 0.25) is 0 Å².